The number of methoxy groups -OCH3 is 2. The molecule has 134 valence electrons. The highest BCUT2D eigenvalue weighted by atomic mass is 32.2. The molecule has 7 nitrogen and oxygen atoms in total. The van der Waals surface area contributed by atoms with Crippen LogP contribution in [-0.2, 0) is 19.5 Å². The van der Waals surface area contributed by atoms with Gasteiger partial charge >= 0.3 is 5.97 Å². The standard InChI is InChI=1S/C16H24N2O5S/c1-12-13(15(19)23-3)6-4-7-14(12)24(20,21)18-10-16(11-22-2)8-5-9-17-16/h4,6-7,17-18H,5,8-11H2,1-3H3. The Labute approximate surface area is 142 Å². The van der Waals surface area contributed by atoms with Crippen LogP contribution in [0.1, 0.15) is 28.8 Å². The molecular weight excluding hydrogens is 332 g/mol. The van der Waals surface area contributed by atoms with E-state index >= 15 is 0 Å². The number of carbonyl (C=O) groups is 1. The summed E-state index contributed by atoms with van der Waals surface area (Å²) in [4.78, 5) is 11.8. The van der Waals surface area contributed by atoms with Crippen molar-refractivity contribution in [3.05, 3.63) is 29.3 Å². The van der Waals surface area contributed by atoms with Gasteiger partial charge in [0.2, 0.25) is 10.0 Å². The number of hydrogen-bond donors (Lipinski definition) is 2. The van der Waals surface area contributed by atoms with Crippen molar-refractivity contribution in [2.24, 2.45) is 0 Å². The van der Waals surface area contributed by atoms with Crippen LogP contribution in [0, 0.1) is 6.92 Å². The Kier molecular flexibility index (Phi) is 5.97. The summed E-state index contributed by atoms with van der Waals surface area (Å²) >= 11 is 0. The average molecular weight is 356 g/mol. The van der Waals surface area contributed by atoms with Gasteiger partial charge in [-0.15, -0.1) is 0 Å². The molecule has 1 aromatic carbocycles. The summed E-state index contributed by atoms with van der Waals surface area (Å²) in [6.07, 6.45) is 1.81. The van der Waals surface area contributed by atoms with Crippen molar-refractivity contribution < 1.29 is 22.7 Å². The maximum atomic E-state index is 12.7. The number of carbonyl (C=O) groups excluding carboxylic acids is 1. The first-order valence-electron chi connectivity index (χ1n) is 7.77. The van der Waals surface area contributed by atoms with Crippen LogP contribution in [0.25, 0.3) is 0 Å². The van der Waals surface area contributed by atoms with Crippen LogP contribution in [0.4, 0.5) is 0 Å². The Hall–Kier alpha value is -1.48. The van der Waals surface area contributed by atoms with Crippen molar-refractivity contribution >= 4 is 16.0 Å². The van der Waals surface area contributed by atoms with Gasteiger partial charge in [0, 0.05) is 13.7 Å². The first-order chi connectivity index (χ1) is 11.4. The molecule has 1 fully saturated rings. The zero-order chi connectivity index (χ0) is 17.8. The predicted octanol–water partition coefficient (Wildman–Crippen LogP) is 0.829. The molecule has 0 spiro atoms. The quantitative estimate of drug-likeness (QED) is 0.703. The van der Waals surface area contributed by atoms with Gasteiger partial charge in [0.1, 0.15) is 0 Å². The number of sulfonamides is 1. The normalized spacial score (nSPS) is 21.0. The Morgan fingerprint density at radius 2 is 2.12 bits per heavy atom. The molecule has 8 heteroatoms. The number of esters is 1. The molecule has 1 aromatic rings. The van der Waals surface area contributed by atoms with Gasteiger partial charge in [0.05, 0.1) is 29.7 Å². The molecule has 0 aromatic heterocycles. The highest BCUT2D eigenvalue weighted by Gasteiger charge is 2.35. The van der Waals surface area contributed by atoms with Crippen molar-refractivity contribution in [2.75, 3.05) is 33.9 Å². The van der Waals surface area contributed by atoms with Crippen LogP contribution in [-0.4, -0.2) is 53.8 Å². The monoisotopic (exact) mass is 356 g/mol. The number of nitrogens with one attached hydrogen (secondary N) is 2. The molecular formula is C16H24N2O5S. The van der Waals surface area contributed by atoms with Crippen molar-refractivity contribution in [1.29, 1.82) is 0 Å². The van der Waals surface area contributed by atoms with Gasteiger partial charge in [-0.2, -0.15) is 0 Å². The smallest absolute Gasteiger partial charge is 0.338 e. The summed E-state index contributed by atoms with van der Waals surface area (Å²) in [5.74, 6) is -0.558. The highest BCUT2D eigenvalue weighted by Crippen LogP contribution is 2.22. The minimum absolute atomic E-state index is 0.0796. The van der Waals surface area contributed by atoms with Gasteiger partial charge in [-0.05, 0) is 44.0 Å². The van der Waals surface area contributed by atoms with E-state index < -0.39 is 21.5 Å². The van der Waals surface area contributed by atoms with E-state index in [1.807, 2.05) is 0 Å². The lowest BCUT2D eigenvalue weighted by atomic mass is 9.99. The molecule has 2 rings (SSSR count). The number of rotatable bonds is 7. The molecule has 1 saturated heterocycles. The topological polar surface area (TPSA) is 93.7 Å². The molecule has 2 N–H and O–H groups in total. The summed E-state index contributed by atoms with van der Waals surface area (Å²) in [5.41, 5.74) is 0.221. The average Bonchev–Trinajstić information content (AvgIpc) is 3.02. The van der Waals surface area contributed by atoms with Gasteiger partial charge in [-0.25, -0.2) is 17.9 Å². The van der Waals surface area contributed by atoms with Crippen LogP contribution < -0.4 is 10.0 Å². The van der Waals surface area contributed by atoms with Gasteiger partial charge in [-0.1, -0.05) is 6.07 Å². The van der Waals surface area contributed by atoms with Crippen molar-refractivity contribution in [2.45, 2.75) is 30.2 Å². The lowest BCUT2D eigenvalue weighted by molar-refractivity contribution is 0.0599. The SMILES string of the molecule is COCC1(CNS(=O)(=O)c2cccc(C(=O)OC)c2C)CCCN1. The first-order valence-corrected chi connectivity index (χ1v) is 9.25. The van der Waals surface area contributed by atoms with Crippen molar-refractivity contribution in [1.82, 2.24) is 10.0 Å². The maximum absolute atomic E-state index is 12.7. The Morgan fingerprint density at radius 1 is 1.38 bits per heavy atom. The van der Waals surface area contributed by atoms with Gasteiger partial charge < -0.3 is 14.8 Å². The third-order valence-corrected chi connectivity index (χ3v) is 5.88. The van der Waals surface area contributed by atoms with Gasteiger partial charge in [-0.3, -0.25) is 0 Å². The third-order valence-electron chi connectivity index (χ3n) is 4.33. The molecule has 0 amide bonds. The number of benzene rings is 1. The second kappa shape index (κ2) is 7.60. The fourth-order valence-electron chi connectivity index (χ4n) is 3.02. The second-order valence-corrected chi connectivity index (χ2v) is 7.72. The molecule has 0 radical (unpaired) electrons. The Morgan fingerprint density at radius 3 is 2.71 bits per heavy atom. The van der Waals surface area contributed by atoms with E-state index in [2.05, 4.69) is 10.0 Å². The lowest BCUT2D eigenvalue weighted by Gasteiger charge is -2.29. The first kappa shape index (κ1) is 18.9. The molecule has 0 saturated carbocycles. The Bertz CT molecular complexity index is 696. The number of hydrogen-bond acceptors (Lipinski definition) is 6. The zero-order valence-electron chi connectivity index (χ0n) is 14.2. The van der Waals surface area contributed by atoms with E-state index in [0.717, 1.165) is 19.4 Å². The molecule has 1 unspecified atom stereocenters. The van der Waals surface area contributed by atoms with Gasteiger partial charge in [0.25, 0.3) is 0 Å². The van der Waals surface area contributed by atoms with E-state index in [0.29, 0.717) is 12.2 Å². The zero-order valence-corrected chi connectivity index (χ0v) is 15.0. The lowest BCUT2D eigenvalue weighted by Crippen LogP contribution is -2.52. The summed E-state index contributed by atoms with van der Waals surface area (Å²) in [6, 6.07) is 4.56. The summed E-state index contributed by atoms with van der Waals surface area (Å²) < 4.78 is 37.9. The maximum Gasteiger partial charge on any atom is 0.338 e. The van der Waals surface area contributed by atoms with Gasteiger partial charge in [0.15, 0.2) is 0 Å². The molecule has 1 heterocycles. The molecule has 0 bridgehead atoms. The van der Waals surface area contributed by atoms with E-state index in [1.54, 1.807) is 20.1 Å². The van der Waals surface area contributed by atoms with E-state index in [1.165, 1.54) is 19.2 Å². The third kappa shape index (κ3) is 3.94. The molecule has 1 aliphatic heterocycles. The molecule has 0 aliphatic carbocycles. The fraction of sp³-hybridized carbons (Fsp3) is 0.562. The minimum Gasteiger partial charge on any atom is -0.465 e. The summed E-state index contributed by atoms with van der Waals surface area (Å²) in [5, 5.41) is 3.32. The number of ether oxygens (including phenoxy) is 2. The predicted molar refractivity (Wildman–Crippen MR) is 89.6 cm³/mol. The van der Waals surface area contributed by atoms with E-state index in [9.17, 15) is 13.2 Å². The fourth-order valence-corrected chi connectivity index (χ4v) is 4.41. The summed E-state index contributed by atoms with van der Waals surface area (Å²) in [6.45, 7) is 3.09. The largest absolute Gasteiger partial charge is 0.465 e. The van der Waals surface area contributed by atoms with Crippen LogP contribution in [0.3, 0.4) is 0 Å². The Balaban J connectivity index is 2.23. The van der Waals surface area contributed by atoms with Crippen LogP contribution >= 0.6 is 0 Å². The minimum atomic E-state index is -3.75. The highest BCUT2D eigenvalue weighted by molar-refractivity contribution is 7.89. The second-order valence-electron chi connectivity index (χ2n) is 5.99. The molecule has 24 heavy (non-hydrogen) atoms. The van der Waals surface area contributed by atoms with Crippen molar-refractivity contribution in [3.8, 4) is 0 Å². The molecule has 1 atom stereocenters. The van der Waals surface area contributed by atoms with Crippen LogP contribution in [0.5, 0.6) is 0 Å². The van der Waals surface area contributed by atoms with E-state index in [4.69, 9.17) is 9.47 Å². The van der Waals surface area contributed by atoms with Crippen molar-refractivity contribution in [3.63, 3.8) is 0 Å². The van der Waals surface area contributed by atoms with Crippen LogP contribution in [0.15, 0.2) is 23.1 Å². The summed E-state index contributed by atoms with van der Waals surface area (Å²) in [7, 11) is -0.890. The molecule has 1 aliphatic rings. The van der Waals surface area contributed by atoms with E-state index in [-0.39, 0.29) is 17.0 Å². The van der Waals surface area contributed by atoms with Crippen LogP contribution in [0.2, 0.25) is 0 Å².